The minimum atomic E-state index is -0.277. The van der Waals surface area contributed by atoms with Gasteiger partial charge in [-0.3, -0.25) is 0 Å². The quantitative estimate of drug-likeness (QED) is 0.423. The molecular weight excluding hydrogens is 236 g/mol. The van der Waals surface area contributed by atoms with E-state index < -0.39 is 0 Å². The first-order valence-corrected chi connectivity index (χ1v) is 6.62. The van der Waals surface area contributed by atoms with Crippen LogP contribution in [0.15, 0.2) is 49.1 Å². The number of rotatable bonds is 6. The van der Waals surface area contributed by atoms with Crippen LogP contribution in [0.5, 0.6) is 0 Å². The molecule has 0 aliphatic carbocycles. The highest BCUT2D eigenvalue weighted by atomic mass is 16.5. The van der Waals surface area contributed by atoms with Crippen LogP contribution in [0.3, 0.4) is 0 Å². The van der Waals surface area contributed by atoms with E-state index in [1.54, 1.807) is 6.92 Å². The predicted molar refractivity (Wildman–Crippen MR) is 81.8 cm³/mol. The van der Waals surface area contributed by atoms with E-state index in [0.717, 1.165) is 19.3 Å². The van der Waals surface area contributed by atoms with Crippen LogP contribution in [0.2, 0.25) is 0 Å². The fourth-order valence-corrected chi connectivity index (χ4v) is 1.23. The number of ether oxygens (including phenoxy) is 1. The molecule has 0 saturated heterocycles. The molecule has 0 bridgehead atoms. The van der Waals surface area contributed by atoms with Gasteiger partial charge in [-0.25, -0.2) is 4.79 Å². The SMILES string of the molecule is C=C(C)C(=O)OCCCCC.C=Cc1ccccc1. The van der Waals surface area contributed by atoms with Gasteiger partial charge in [0.15, 0.2) is 0 Å². The summed E-state index contributed by atoms with van der Waals surface area (Å²) in [6.07, 6.45) is 5.05. The van der Waals surface area contributed by atoms with Crippen molar-refractivity contribution in [1.29, 1.82) is 0 Å². The molecule has 0 amide bonds. The second-order valence-corrected chi connectivity index (χ2v) is 4.24. The summed E-state index contributed by atoms with van der Waals surface area (Å²) in [4.78, 5) is 10.8. The van der Waals surface area contributed by atoms with Crippen molar-refractivity contribution in [2.24, 2.45) is 0 Å². The Morgan fingerprint density at radius 2 is 1.89 bits per heavy atom. The summed E-state index contributed by atoms with van der Waals surface area (Å²) in [7, 11) is 0. The molecule has 19 heavy (non-hydrogen) atoms. The minimum absolute atomic E-state index is 0.277. The lowest BCUT2D eigenvalue weighted by molar-refractivity contribution is -0.139. The number of unbranched alkanes of at least 4 members (excludes halogenated alkanes) is 2. The molecule has 0 saturated carbocycles. The summed E-state index contributed by atoms with van der Waals surface area (Å²) in [5.41, 5.74) is 1.65. The van der Waals surface area contributed by atoms with Crippen LogP contribution in [-0.2, 0) is 9.53 Å². The van der Waals surface area contributed by atoms with Crippen molar-refractivity contribution in [3.8, 4) is 0 Å². The van der Waals surface area contributed by atoms with E-state index in [1.807, 2.05) is 36.4 Å². The van der Waals surface area contributed by atoms with E-state index >= 15 is 0 Å². The Balaban J connectivity index is 0.000000356. The van der Waals surface area contributed by atoms with E-state index in [9.17, 15) is 4.79 Å². The number of hydrogen-bond acceptors (Lipinski definition) is 2. The first-order valence-electron chi connectivity index (χ1n) is 6.62. The van der Waals surface area contributed by atoms with E-state index in [-0.39, 0.29) is 5.97 Å². The lowest BCUT2D eigenvalue weighted by Crippen LogP contribution is -2.05. The molecule has 0 spiro atoms. The van der Waals surface area contributed by atoms with Gasteiger partial charge in [-0.2, -0.15) is 0 Å². The number of carbonyl (C=O) groups excluding carboxylic acids is 1. The molecule has 0 atom stereocenters. The second kappa shape index (κ2) is 11.3. The smallest absolute Gasteiger partial charge is 0.333 e. The average molecular weight is 260 g/mol. The standard InChI is InChI=1S/C9H16O2.C8H8/c1-4-5-6-7-11-9(10)8(2)3;1-2-8-6-4-3-5-7-8/h2,4-7H2,1,3H3;2-7H,1H2. The molecule has 0 aliphatic heterocycles. The van der Waals surface area contributed by atoms with Crippen molar-refractivity contribution in [2.45, 2.75) is 33.1 Å². The van der Waals surface area contributed by atoms with Crippen molar-refractivity contribution in [3.05, 3.63) is 54.6 Å². The Morgan fingerprint density at radius 3 is 2.32 bits per heavy atom. The van der Waals surface area contributed by atoms with Gasteiger partial charge in [-0.1, -0.05) is 69.3 Å². The third-order valence-corrected chi connectivity index (χ3v) is 2.36. The van der Waals surface area contributed by atoms with Gasteiger partial charge in [0.25, 0.3) is 0 Å². The van der Waals surface area contributed by atoms with Gasteiger partial charge in [0.2, 0.25) is 0 Å². The second-order valence-electron chi connectivity index (χ2n) is 4.24. The molecule has 0 radical (unpaired) electrons. The maximum absolute atomic E-state index is 10.8. The van der Waals surface area contributed by atoms with Crippen LogP contribution in [0.1, 0.15) is 38.7 Å². The van der Waals surface area contributed by atoms with Gasteiger partial charge < -0.3 is 4.74 Å². The molecule has 2 nitrogen and oxygen atoms in total. The predicted octanol–water partition coefficient (Wildman–Crippen LogP) is 4.63. The zero-order valence-corrected chi connectivity index (χ0v) is 12.0. The topological polar surface area (TPSA) is 26.3 Å². The average Bonchev–Trinajstić information content (AvgIpc) is 2.45. The lowest BCUT2D eigenvalue weighted by atomic mass is 10.2. The zero-order chi connectivity index (χ0) is 14.5. The van der Waals surface area contributed by atoms with Crippen molar-refractivity contribution in [1.82, 2.24) is 0 Å². The fraction of sp³-hybridized carbons (Fsp3) is 0.353. The summed E-state index contributed by atoms with van der Waals surface area (Å²) < 4.78 is 4.87. The molecule has 2 heteroatoms. The first kappa shape index (κ1) is 17.2. The molecular formula is C17H24O2. The molecule has 0 unspecified atom stereocenters. The molecule has 0 aromatic heterocycles. The third kappa shape index (κ3) is 9.83. The van der Waals surface area contributed by atoms with E-state index in [1.165, 1.54) is 5.56 Å². The van der Waals surface area contributed by atoms with Crippen LogP contribution in [-0.4, -0.2) is 12.6 Å². The summed E-state index contributed by atoms with van der Waals surface area (Å²) in [6, 6.07) is 10.0. The summed E-state index contributed by atoms with van der Waals surface area (Å²) in [5, 5.41) is 0. The first-order chi connectivity index (χ1) is 9.11. The molecule has 1 aromatic carbocycles. The highest BCUT2D eigenvalue weighted by Crippen LogP contribution is 1.98. The Kier molecular flexibility index (Phi) is 10.2. The van der Waals surface area contributed by atoms with Crippen molar-refractivity contribution >= 4 is 12.0 Å². The Hall–Kier alpha value is -1.83. The van der Waals surface area contributed by atoms with Crippen LogP contribution in [0, 0.1) is 0 Å². The van der Waals surface area contributed by atoms with Crippen molar-refractivity contribution in [2.75, 3.05) is 6.61 Å². The van der Waals surface area contributed by atoms with Crippen molar-refractivity contribution < 1.29 is 9.53 Å². The summed E-state index contributed by atoms with van der Waals surface area (Å²) >= 11 is 0. The number of esters is 1. The molecule has 1 aromatic rings. The van der Waals surface area contributed by atoms with Crippen molar-refractivity contribution in [3.63, 3.8) is 0 Å². The van der Waals surface area contributed by atoms with E-state index in [0.29, 0.717) is 12.2 Å². The van der Waals surface area contributed by atoms with Gasteiger partial charge >= 0.3 is 5.97 Å². The monoisotopic (exact) mass is 260 g/mol. The number of hydrogen-bond donors (Lipinski definition) is 0. The zero-order valence-electron chi connectivity index (χ0n) is 12.0. The Labute approximate surface area is 116 Å². The molecule has 0 N–H and O–H groups in total. The third-order valence-electron chi connectivity index (χ3n) is 2.36. The molecule has 104 valence electrons. The molecule has 1 rings (SSSR count). The Bertz CT molecular complexity index is 380. The normalized spacial score (nSPS) is 8.95. The van der Waals surface area contributed by atoms with Gasteiger partial charge in [0.05, 0.1) is 6.61 Å². The highest BCUT2D eigenvalue weighted by molar-refractivity contribution is 5.86. The van der Waals surface area contributed by atoms with Gasteiger partial charge in [-0.15, -0.1) is 0 Å². The molecule has 0 aliphatic rings. The Morgan fingerprint density at radius 1 is 1.26 bits per heavy atom. The highest BCUT2D eigenvalue weighted by Gasteiger charge is 2.00. The van der Waals surface area contributed by atoms with Gasteiger partial charge in [-0.05, 0) is 18.9 Å². The van der Waals surface area contributed by atoms with E-state index in [4.69, 9.17) is 4.74 Å². The van der Waals surface area contributed by atoms with Crippen LogP contribution < -0.4 is 0 Å². The van der Waals surface area contributed by atoms with Crippen LogP contribution in [0.25, 0.3) is 6.08 Å². The van der Waals surface area contributed by atoms with Gasteiger partial charge in [0.1, 0.15) is 0 Å². The van der Waals surface area contributed by atoms with Crippen LogP contribution in [0.4, 0.5) is 0 Å². The molecule has 0 fully saturated rings. The maximum atomic E-state index is 10.8. The lowest BCUT2D eigenvalue weighted by Gasteiger charge is -2.02. The summed E-state index contributed by atoms with van der Waals surface area (Å²) in [5.74, 6) is -0.277. The maximum Gasteiger partial charge on any atom is 0.333 e. The number of carbonyl (C=O) groups is 1. The summed E-state index contributed by atoms with van der Waals surface area (Å²) in [6.45, 7) is 11.4. The minimum Gasteiger partial charge on any atom is -0.462 e. The fourth-order valence-electron chi connectivity index (χ4n) is 1.23. The number of benzene rings is 1. The van der Waals surface area contributed by atoms with Gasteiger partial charge in [0, 0.05) is 5.57 Å². The van der Waals surface area contributed by atoms with Crippen LogP contribution >= 0.6 is 0 Å². The van der Waals surface area contributed by atoms with E-state index in [2.05, 4.69) is 20.1 Å². The molecule has 0 heterocycles. The largest absolute Gasteiger partial charge is 0.462 e.